The van der Waals surface area contributed by atoms with Crippen molar-refractivity contribution in [3.8, 4) is 22.8 Å². The largest absolute Gasteiger partial charge is 0.309 e. The van der Waals surface area contributed by atoms with E-state index in [-0.39, 0.29) is 0 Å². The zero-order chi connectivity index (χ0) is 27.6. The van der Waals surface area contributed by atoms with Crippen LogP contribution in [-0.2, 0) is 0 Å². The van der Waals surface area contributed by atoms with Crippen molar-refractivity contribution in [3.63, 3.8) is 0 Å². The minimum absolute atomic E-state index is 0.662. The van der Waals surface area contributed by atoms with Crippen LogP contribution >= 0.6 is 0 Å². The van der Waals surface area contributed by atoms with Crippen molar-refractivity contribution in [2.45, 2.75) is 0 Å². The number of hydrogen-bond donors (Lipinski definition) is 0. The normalized spacial score (nSPS) is 11.8. The molecule has 0 aliphatic carbocycles. The van der Waals surface area contributed by atoms with Gasteiger partial charge in [-0.25, -0.2) is 9.97 Å². The molecule has 5 aromatic carbocycles. The Kier molecular flexibility index (Phi) is 4.83. The molecule has 0 spiro atoms. The standard InChI is InChI=1S/C37H23N5/c1-2-10-25(11-3-1)41-31-14-6-4-12-29(31)35-27-17-19-34-36(28(27)16-18-33(35)41)30-13-5-7-15-32(30)42(34)26-22-39-37(40-23-26)24-9-8-20-38-21-24/h1-23H. The molecule has 4 heterocycles. The van der Waals surface area contributed by atoms with Gasteiger partial charge in [0.15, 0.2) is 5.82 Å². The van der Waals surface area contributed by atoms with Gasteiger partial charge >= 0.3 is 0 Å². The fourth-order valence-electron chi connectivity index (χ4n) is 6.56. The summed E-state index contributed by atoms with van der Waals surface area (Å²) in [5.74, 6) is 0.662. The van der Waals surface area contributed by atoms with Crippen molar-refractivity contribution in [2.75, 3.05) is 0 Å². The monoisotopic (exact) mass is 537 g/mol. The first kappa shape index (κ1) is 22.9. The van der Waals surface area contributed by atoms with Gasteiger partial charge in [-0.15, -0.1) is 0 Å². The number of pyridine rings is 1. The third kappa shape index (κ3) is 3.22. The molecule has 4 aromatic heterocycles. The number of hydrogen-bond acceptors (Lipinski definition) is 3. The molecule has 0 saturated carbocycles. The summed E-state index contributed by atoms with van der Waals surface area (Å²) in [4.78, 5) is 13.6. The highest BCUT2D eigenvalue weighted by Crippen LogP contribution is 2.42. The number of nitrogens with zero attached hydrogens (tertiary/aromatic N) is 5. The van der Waals surface area contributed by atoms with Gasteiger partial charge in [-0.05, 0) is 59.3 Å². The Bertz CT molecular complexity index is 2440. The molecule has 196 valence electrons. The predicted octanol–water partition coefficient (Wildman–Crippen LogP) is 8.89. The Morgan fingerprint density at radius 3 is 1.57 bits per heavy atom. The van der Waals surface area contributed by atoms with Crippen LogP contribution in [0.2, 0.25) is 0 Å². The summed E-state index contributed by atoms with van der Waals surface area (Å²) in [6, 6.07) is 40.9. The van der Waals surface area contributed by atoms with Crippen molar-refractivity contribution in [2.24, 2.45) is 0 Å². The average Bonchev–Trinajstić information content (AvgIpc) is 3.59. The second-order valence-corrected chi connectivity index (χ2v) is 10.6. The minimum atomic E-state index is 0.662. The molecule has 0 aliphatic heterocycles. The number of benzene rings is 5. The van der Waals surface area contributed by atoms with E-state index in [2.05, 4.69) is 117 Å². The van der Waals surface area contributed by atoms with Gasteiger partial charge in [0.2, 0.25) is 0 Å². The summed E-state index contributed by atoms with van der Waals surface area (Å²) in [6.07, 6.45) is 7.36. The maximum absolute atomic E-state index is 4.71. The zero-order valence-electron chi connectivity index (χ0n) is 22.5. The highest BCUT2D eigenvalue weighted by molar-refractivity contribution is 6.29. The van der Waals surface area contributed by atoms with E-state index in [4.69, 9.17) is 9.97 Å². The fraction of sp³-hybridized carbons (Fsp3) is 0. The van der Waals surface area contributed by atoms with Crippen molar-refractivity contribution in [1.82, 2.24) is 24.1 Å². The van der Waals surface area contributed by atoms with Crippen LogP contribution in [0.25, 0.3) is 77.1 Å². The molecule has 5 nitrogen and oxygen atoms in total. The summed E-state index contributed by atoms with van der Waals surface area (Å²) in [5.41, 5.74) is 7.66. The second kappa shape index (κ2) is 8.85. The number of rotatable bonds is 3. The maximum atomic E-state index is 4.71. The summed E-state index contributed by atoms with van der Waals surface area (Å²) in [5, 5.41) is 7.45. The van der Waals surface area contributed by atoms with Crippen LogP contribution in [0.5, 0.6) is 0 Å². The number of fused-ring (bicyclic) bond motifs is 9. The van der Waals surface area contributed by atoms with E-state index in [0.717, 1.165) is 28.0 Å². The molecule has 0 fully saturated rings. The molecule has 0 amide bonds. The third-order valence-electron chi connectivity index (χ3n) is 8.30. The van der Waals surface area contributed by atoms with Gasteiger partial charge in [-0.2, -0.15) is 0 Å². The van der Waals surface area contributed by atoms with Crippen LogP contribution in [0.3, 0.4) is 0 Å². The summed E-state index contributed by atoms with van der Waals surface area (Å²) >= 11 is 0. The van der Waals surface area contributed by atoms with Gasteiger partial charge in [-0.1, -0.05) is 66.7 Å². The molecule has 0 saturated heterocycles. The van der Waals surface area contributed by atoms with Gasteiger partial charge in [-0.3, -0.25) is 4.98 Å². The lowest BCUT2D eigenvalue weighted by Gasteiger charge is -2.10. The summed E-state index contributed by atoms with van der Waals surface area (Å²) in [6.45, 7) is 0. The first-order valence-corrected chi connectivity index (χ1v) is 14.0. The Labute approximate surface area is 241 Å². The average molecular weight is 538 g/mol. The highest BCUT2D eigenvalue weighted by Gasteiger charge is 2.19. The lowest BCUT2D eigenvalue weighted by atomic mass is 9.99. The third-order valence-corrected chi connectivity index (χ3v) is 8.30. The van der Waals surface area contributed by atoms with Crippen LogP contribution in [0.4, 0.5) is 0 Å². The molecule has 9 aromatic rings. The Balaban J connectivity index is 1.35. The Hall–Kier alpha value is -5.81. The van der Waals surface area contributed by atoms with Gasteiger partial charge < -0.3 is 9.13 Å². The van der Waals surface area contributed by atoms with Gasteiger partial charge in [0.05, 0.1) is 40.1 Å². The highest BCUT2D eigenvalue weighted by atomic mass is 15.0. The molecule has 0 unspecified atom stereocenters. The van der Waals surface area contributed by atoms with Gasteiger partial charge in [0.25, 0.3) is 0 Å². The SMILES string of the molecule is c1ccc(-n2c3ccccc3c3c4ccc5c(c4ccc32)c2ccccc2n5-c2cnc(-c3cccnc3)nc2)cc1. The first-order chi connectivity index (χ1) is 20.9. The van der Waals surface area contributed by atoms with Crippen molar-refractivity contribution >= 4 is 54.4 Å². The molecule has 5 heteroatoms. The lowest BCUT2D eigenvalue weighted by Crippen LogP contribution is -1.98. The van der Waals surface area contributed by atoms with E-state index in [0.29, 0.717) is 5.82 Å². The molecular formula is C37H23N5. The summed E-state index contributed by atoms with van der Waals surface area (Å²) in [7, 11) is 0. The lowest BCUT2D eigenvalue weighted by molar-refractivity contribution is 1.08. The van der Waals surface area contributed by atoms with E-state index >= 15 is 0 Å². The molecule has 42 heavy (non-hydrogen) atoms. The van der Waals surface area contributed by atoms with E-state index in [1.165, 1.54) is 43.4 Å². The van der Waals surface area contributed by atoms with Crippen LogP contribution < -0.4 is 0 Å². The Morgan fingerprint density at radius 1 is 0.405 bits per heavy atom. The molecule has 0 radical (unpaired) electrons. The van der Waals surface area contributed by atoms with Crippen LogP contribution in [0, 0.1) is 0 Å². The van der Waals surface area contributed by atoms with E-state index in [1.807, 2.05) is 24.5 Å². The van der Waals surface area contributed by atoms with E-state index in [1.54, 1.807) is 12.4 Å². The minimum Gasteiger partial charge on any atom is -0.309 e. The van der Waals surface area contributed by atoms with E-state index < -0.39 is 0 Å². The molecule has 0 N–H and O–H groups in total. The maximum Gasteiger partial charge on any atom is 0.160 e. The first-order valence-electron chi connectivity index (χ1n) is 14.0. The van der Waals surface area contributed by atoms with Gasteiger partial charge in [0, 0.05) is 45.2 Å². The number of aromatic nitrogens is 5. The molecule has 0 aliphatic rings. The van der Waals surface area contributed by atoms with Crippen molar-refractivity contribution in [3.05, 3.63) is 140 Å². The van der Waals surface area contributed by atoms with Crippen LogP contribution in [0.1, 0.15) is 0 Å². The van der Waals surface area contributed by atoms with E-state index in [9.17, 15) is 0 Å². The van der Waals surface area contributed by atoms with Crippen LogP contribution in [-0.4, -0.2) is 24.1 Å². The van der Waals surface area contributed by atoms with Crippen molar-refractivity contribution < 1.29 is 0 Å². The molecule has 0 atom stereocenters. The Morgan fingerprint density at radius 2 is 0.976 bits per heavy atom. The molecular weight excluding hydrogens is 514 g/mol. The summed E-state index contributed by atoms with van der Waals surface area (Å²) < 4.78 is 4.65. The smallest absolute Gasteiger partial charge is 0.160 e. The van der Waals surface area contributed by atoms with Crippen LogP contribution in [0.15, 0.2) is 140 Å². The van der Waals surface area contributed by atoms with Gasteiger partial charge in [0.1, 0.15) is 0 Å². The molecule has 0 bridgehead atoms. The second-order valence-electron chi connectivity index (χ2n) is 10.6. The zero-order valence-corrected chi connectivity index (χ0v) is 22.5. The number of para-hydroxylation sites is 3. The topological polar surface area (TPSA) is 48.5 Å². The molecule has 9 rings (SSSR count). The quantitative estimate of drug-likeness (QED) is 0.226. The fourth-order valence-corrected chi connectivity index (χ4v) is 6.56. The van der Waals surface area contributed by atoms with Crippen molar-refractivity contribution in [1.29, 1.82) is 0 Å². The predicted molar refractivity (Wildman–Crippen MR) is 171 cm³/mol.